The van der Waals surface area contributed by atoms with Crippen molar-refractivity contribution in [2.75, 3.05) is 40.5 Å². The summed E-state index contributed by atoms with van der Waals surface area (Å²) in [6.07, 6.45) is 0. The minimum Gasteiger partial charge on any atom is -0.478 e. The molecule has 164 valence electrons. The maximum atomic E-state index is 13.1. The third-order valence-electron chi connectivity index (χ3n) is 4.22. The second-order valence-corrected chi connectivity index (χ2v) is 10.5. The van der Waals surface area contributed by atoms with Crippen molar-refractivity contribution in [2.45, 2.75) is 15.5 Å². The summed E-state index contributed by atoms with van der Waals surface area (Å²) in [4.78, 5) is 12.3. The lowest BCUT2D eigenvalue weighted by molar-refractivity contribution is 0.0692. The number of halogens is 1. The zero-order chi connectivity index (χ0) is 22.1. The maximum Gasteiger partial charge on any atom is 0.336 e. The number of nitrogens with zero attached hydrogens (tertiary/aromatic N) is 1. The van der Waals surface area contributed by atoms with E-state index in [0.29, 0.717) is 10.6 Å². The van der Waals surface area contributed by atoms with Gasteiger partial charge >= 0.3 is 5.97 Å². The topological polar surface area (TPSA) is 93.1 Å². The van der Waals surface area contributed by atoms with Crippen LogP contribution in [0.25, 0.3) is 0 Å². The van der Waals surface area contributed by atoms with Gasteiger partial charge in [0.15, 0.2) is 0 Å². The number of benzene rings is 2. The van der Waals surface area contributed by atoms with E-state index in [1.807, 2.05) is 24.3 Å². The molecular weight excluding hydrogens is 541 g/mol. The van der Waals surface area contributed by atoms with E-state index in [9.17, 15) is 18.3 Å². The summed E-state index contributed by atoms with van der Waals surface area (Å²) in [6.45, 7) is 0.735. The largest absolute Gasteiger partial charge is 0.478 e. The van der Waals surface area contributed by atoms with E-state index in [-0.39, 0.29) is 36.8 Å². The van der Waals surface area contributed by atoms with Crippen LogP contribution in [0.15, 0.2) is 52.3 Å². The Morgan fingerprint density at radius 1 is 1.07 bits per heavy atom. The van der Waals surface area contributed by atoms with Crippen LogP contribution in [0.3, 0.4) is 0 Å². The van der Waals surface area contributed by atoms with Gasteiger partial charge in [-0.15, -0.1) is 11.8 Å². The van der Waals surface area contributed by atoms with Crippen LogP contribution in [0.1, 0.15) is 15.9 Å². The van der Waals surface area contributed by atoms with Gasteiger partial charge in [0.1, 0.15) is 0 Å². The van der Waals surface area contributed by atoms with Crippen molar-refractivity contribution in [3.05, 3.63) is 57.2 Å². The van der Waals surface area contributed by atoms with Crippen molar-refractivity contribution in [1.29, 1.82) is 0 Å². The number of carboxylic acids is 1. The highest BCUT2D eigenvalue weighted by atomic mass is 127. The first-order valence-electron chi connectivity index (χ1n) is 9.02. The molecule has 0 amide bonds. The van der Waals surface area contributed by atoms with Gasteiger partial charge in [-0.2, -0.15) is 4.31 Å². The Labute approximate surface area is 194 Å². The number of rotatable bonds is 12. The minimum atomic E-state index is -3.89. The number of aromatic carboxylic acids is 1. The standard InChI is InChI=1S/C20H24INO6S2/c1-27-11-9-22(10-12-28-2)30(25,26)17-7-8-19(18(13-17)20(23)24)29-14-15-3-5-16(21)6-4-15/h3-8,13H,9-12,14H2,1-2H3,(H,23,24). The van der Waals surface area contributed by atoms with Crippen LogP contribution < -0.4 is 0 Å². The molecule has 0 radical (unpaired) electrons. The number of carboxylic acid groups (broad SMARTS) is 1. The van der Waals surface area contributed by atoms with Gasteiger partial charge in [0.2, 0.25) is 10.0 Å². The number of methoxy groups -OCH3 is 2. The Morgan fingerprint density at radius 3 is 2.20 bits per heavy atom. The molecule has 2 rings (SSSR count). The van der Waals surface area contributed by atoms with E-state index in [4.69, 9.17) is 9.47 Å². The zero-order valence-electron chi connectivity index (χ0n) is 16.7. The quantitative estimate of drug-likeness (QED) is 0.311. The molecule has 0 aliphatic rings. The van der Waals surface area contributed by atoms with E-state index < -0.39 is 16.0 Å². The average Bonchev–Trinajstić information content (AvgIpc) is 2.73. The molecule has 7 nitrogen and oxygen atoms in total. The first-order valence-corrected chi connectivity index (χ1v) is 12.5. The Morgan fingerprint density at radius 2 is 1.67 bits per heavy atom. The number of ether oxygens (including phenoxy) is 2. The van der Waals surface area contributed by atoms with E-state index in [1.54, 1.807) is 6.07 Å². The third-order valence-corrected chi connectivity index (χ3v) is 7.97. The van der Waals surface area contributed by atoms with Gasteiger partial charge < -0.3 is 14.6 Å². The summed E-state index contributed by atoms with van der Waals surface area (Å²) in [6, 6.07) is 12.2. The lowest BCUT2D eigenvalue weighted by atomic mass is 10.2. The van der Waals surface area contributed by atoms with Crippen molar-refractivity contribution in [1.82, 2.24) is 4.31 Å². The van der Waals surface area contributed by atoms with Gasteiger partial charge in [0, 0.05) is 41.5 Å². The number of hydrogen-bond donors (Lipinski definition) is 1. The maximum absolute atomic E-state index is 13.1. The Bertz CT molecular complexity index is 942. The van der Waals surface area contributed by atoms with Gasteiger partial charge in [-0.3, -0.25) is 0 Å². The lowest BCUT2D eigenvalue weighted by Gasteiger charge is -2.22. The summed E-state index contributed by atoms with van der Waals surface area (Å²) in [5, 5.41) is 9.65. The molecule has 0 unspecified atom stereocenters. The molecule has 30 heavy (non-hydrogen) atoms. The summed E-state index contributed by atoms with van der Waals surface area (Å²) in [5.74, 6) is -0.589. The van der Waals surface area contributed by atoms with E-state index in [2.05, 4.69) is 22.6 Å². The average molecular weight is 565 g/mol. The molecule has 0 aromatic heterocycles. The Balaban J connectivity index is 2.29. The summed E-state index contributed by atoms with van der Waals surface area (Å²) in [7, 11) is -0.912. The van der Waals surface area contributed by atoms with Crippen molar-refractivity contribution in [2.24, 2.45) is 0 Å². The van der Waals surface area contributed by atoms with Crippen LogP contribution in [-0.2, 0) is 25.2 Å². The summed E-state index contributed by atoms with van der Waals surface area (Å²) >= 11 is 3.58. The molecule has 0 heterocycles. The SMILES string of the molecule is COCCN(CCOC)S(=O)(=O)c1ccc(SCc2ccc(I)cc2)c(C(=O)O)c1. The normalized spacial score (nSPS) is 11.7. The van der Waals surface area contributed by atoms with Gasteiger partial charge in [0.05, 0.1) is 23.7 Å². The molecule has 0 fully saturated rings. The number of thioether (sulfide) groups is 1. The summed E-state index contributed by atoms with van der Waals surface area (Å²) < 4.78 is 38.5. The van der Waals surface area contributed by atoms with Gasteiger partial charge in [-0.1, -0.05) is 12.1 Å². The molecule has 0 spiro atoms. The monoisotopic (exact) mass is 565 g/mol. The molecule has 10 heteroatoms. The van der Waals surface area contributed by atoms with Crippen molar-refractivity contribution < 1.29 is 27.8 Å². The van der Waals surface area contributed by atoms with E-state index in [1.165, 1.54) is 42.4 Å². The van der Waals surface area contributed by atoms with Crippen LogP contribution in [0, 0.1) is 3.57 Å². The minimum absolute atomic E-state index is 0.0370. The fraction of sp³-hybridized carbons (Fsp3) is 0.350. The third kappa shape index (κ3) is 6.92. The Kier molecular flexibility index (Phi) is 10.0. The number of sulfonamides is 1. The molecule has 1 N–H and O–H groups in total. The predicted molar refractivity (Wildman–Crippen MR) is 125 cm³/mol. The highest BCUT2D eigenvalue weighted by Crippen LogP contribution is 2.29. The van der Waals surface area contributed by atoms with E-state index in [0.717, 1.165) is 9.13 Å². The van der Waals surface area contributed by atoms with Crippen molar-refractivity contribution >= 4 is 50.3 Å². The smallest absolute Gasteiger partial charge is 0.336 e. The first-order chi connectivity index (χ1) is 14.3. The van der Waals surface area contributed by atoms with Crippen LogP contribution in [0.2, 0.25) is 0 Å². The van der Waals surface area contributed by atoms with Gasteiger partial charge in [-0.05, 0) is 58.5 Å². The zero-order valence-corrected chi connectivity index (χ0v) is 20.5. The summed E-state index contributed by atoms with van der Waals surface area (Å²) in [5.41, 5.74) is 1.02. The fourth-order valence-electron chi connectivity index (χ4n) is 2.59. The highest BCUT2D eigenvalue weighted by molar-refractivity contribution is 14.1. The molecule has 2 aromatic rings. The number of hydrogen-bond acceptors (Lipinski definition) is 6. The molecule has 2 aromatic carbocycles. The molecule has 0 saturated heterocycles. The molecule has 0 aliphatic carbocycles. The highest BCUT2D eigenvalue weighted by Gasteiger charge is 2.26. The van der Waals surface area contributed by atoms with Gasteiger partial charge in [0.25, 0.3) is 0 Å². The Hall–Kier alpha value is -1.18. The molecule has 0 aliphatic heterocycles. The first kappa shape index (κ1) is 25.1. The van der Waals surface area contributed by atoms with Crippen LogP contribution >= 0.6 is 34.4 Å². The second kappa shape index (κ2) is 12.0. The number of carbonyl (C=O) groups is 1. The second-order valence-electron chi connectivity index (χ2n) is 6.27. The molecular formula is C20H24INO6S2. The van der Waals surface area contributed by atoms with Crippen LogP contribution in [0.4, 0.5) is 0 Å². The van der Waals surface area contributed by atoms with Gasteiger partial charge in [-0.25, -0.2) is 13.2 Å². The van der Waals surface area contributed by atoms with Crippen molar-refractivity contribution in [3.8, 4) is 0 Å². The molecule has 0 atom stereocenters. The lowest BCUT2D eigenvalue weighted by Crippen LogP contribution is -2.36. The predicted octanol–water partition coefficient (Wildman–Crippen LogP) is 3.57. The van der Waals surface area contributed by atoms with Crippen molar-refractivity contribution in [3.63, 3.8) is 0 Å². The molecule has 0 bridgehead atoms. The molecule has 0 saturated carbocycles. The fourth-order valence-corrected chi connectivity index (χ4v) is 5.37. The van der Waals surface area contributed by atoms with E-state index >= 15 is 0 Å². The van der Waals surface area contributed by atoms with Crippen LogP contribution in [-0.4, -0.2) is 64.3 Å². The van der Waals surface area contributed by atoms with Crippen LogP contribution in [0.5, 0.6) is 0 Å².